The number of rotatable bonds is 5. The molecular formula is C14H18O3. The Morgan fingerprint density at radius 3 is 2.76 bits per heavy atom. The highest BCUT2D eigenvalue weighted by atomic mass is 16.5. The molecule has 0 radical (unpaired) electrons. The van der Waals surface area contributed by atoms with E-state index < -0.39 is 0 Å². The normalized spacial score (nSPS) is 22.2. The van der Waals surface area contributed by atoms with Crippen LogP contribution in [0.25, 0.3) is 0 Å². The highest BCUT2D eigenvalue weighted by Gasteiger charge is 2.37. The molecular weight excluding hydrogens is 216 g/mol. The molecule has 2 rings (SSSR count). The lowest BCUT2D eigenvalue weighted by atomic mass is 10.1. The Labute approximate surface area is 101 Å². The summed E-state index contributed by atoms with van der Waals surface area (Å²) in [5, 5.41) is 9.20. The van der Waals surface area contributed by atoms with E-state index >= 15 is 0 Å². The van der Waals surface area contributed by atoms with Gasteiger partial charge >= 0.3 is 5.97 Å². The van der Waals surface area contributed by atoms with Crippen LogP contribution < -0.4 is 0 Å². The molecule has 3 heteroatoms. The van der Waals surface area contributed by atoms with Gasteiger partial charge in [0.2, 0.25) is 0 Å². The van der Waals surface area contributed by atoms with Gasteiger partial charge in [-0.25, -0.2) is 0 Å². The van der Waals surface area contributed by atoms with Gasteiger partial charge in [-0.15, -0.1) is 0 Å². The van der Waals surface area contributed by atoms with Crippen LogP contribution >= 0.6 is 0 Å². The van der Waals surface area contributed by atoms with Crippen LogP contribution in [0.15, 0.2) is 24.3 Å². The first kappa shape index (κ1) is 12.0. The molecule has 2 atom stereocenters. The predicted octanol–water partition coefficient (Wildman–Crippen LogP) is 2.84. The van der Waals surface area contributed by atoms with E-state index in [4.69, 9.17) is 4.74 Å². The number of ether oxygens (including phenoxy) is 1. The molecule has 0 spiro atoms. The Kier molecular flexibility index (Phi) is 3.67. The van der Waals surface area contributed by atoms with E-state index in [-0.39, 0.29) is 5.97 Å². The van der Waals surface area contributed by atoms with Crippen molar-refractivity contribution in [3.05, 3.63) is 29.8 Å². The van der Waals surface area contributed by atoms with E-state index in [0.717, 1.165) is 12.8 Å². The second-order valence-electron chi connectivity index (χ2n) is 4.54. The third-order valence-corrected chi connectivity index (χ3v) is 3.27. The molecule has 1 N–H and O–H groups in total. The van der Waals surface area contributed by atoms with Crippen LogP contribution in [-0.4, -0.2) is 17.7 Å². The number of hydrogen-bond donors (Lipinski definition) is 1. The average Bonchev–Trinajstić information content (AvgIpc) is 3.07. The van der Waals surface area contributed by atoms with Crippen LogP contribution in [0.1, 0.15) is 37.7 Å². The number of aromatic hydroxyl groups is 1. The molecule has 92 valence electrons. The third-order valence-electron chi connectivity index (χ3n) is 3.27. The minimum atomic E-state index is -0.0937. The fourth-order valence-corrected chi connectivity index (χ4v) is 2.23. The summed E-state index contributed by atoms with van der Waals surface area (Å²) in [6.45, 7) is 2.29. The average molecular weight is 234 g/mol. The standard InChI is InChI=1S/C14H18O3/c1-2-17-14(16)8-5-11-9-13(11)10-3-6-12(15)7-4-10/h3-4,6-7,11,13,15H,2,5,8-9H2,1H3. The van der Waals surface area contributed by atoms with Gasteiger partial charge in [0.25, 0.3) is 0 Å². The molecule has 0 saturated heterocycles. The number of phenolic OH excluding ortho intramolecular Hbond substituents is 1. The number of hydrogen-bond acceptors (Lipinski definition) is 3. The molecule has 3 nitrogen and oxygen atoms in total. The molecule has 1 fully saturated rings. The Hall–Kier alpha value is -1.51. The van der Waals surface area contributed by atoms with Crippen LogP contribution in [0.3, 0.4) is 0 Å². The quantitative estimate of drug-likeness (QED) is 0.797. The minimum absolute atomic E-state index is 0.0937. The first-order valence-electron chi connectivity index (χ1n) is 6.15. The van der Waals surface area contributed by atoms with Gasteiger partial charge in [0.05, 0.1) is 6.61 Å². The first-order valence-corrected chi connectivity index (χ1v) is 6.15. The van der Waals surface area contributed by atoms with Crippen molar-refractivity contribution in [2.45, 2.75) is 32.1 Å². The predicted molar refractivity (Wildman–Crippen MR) is 64.8 cm³/mol. The second kappa shape index (κ2) is 5.21. The van der Waals surface area contributed by atoms with Crippen molar-refractivity contribution in [2.24, 2.45) is 5.92 Å². The molecule has 2 unspecified atom stereocenters. The summed E-state index contributed by atoms with van der Waals surface area (Å²) < 4.78 is 4.90. The summed E-state index contributed by atoms with van der Waals surface area (Å²) in [4.78, 5) is 11.2. The minimum Gasteiger partial charge on any atom is -0.508 e. The van der Waals surface area contributed by atoms with E-state index in [1.165, 1.54) is 5.56 Å². The summed E-state index contributed by atoms with van der Waals surface area (Å²) in [6.07, 6.45) is 2.57. The van der Waals surface area contributed by atoms with Gasteiger partial charge < -0.3 is 9.84 Å². The monoisotopic (exact) mass is 234 g/mol. The molecule has 1 saturated carbocycles. The van der Waals surface area contributed by atoms with Crippen molar-refractivity contribution in [3.63, 3.8) is 0 Å². The van der Waals surface area contributed by atoms with Gasteiger partial charge in [-0.1, -0.05) is 12.1 Å². The summed E-state index contributed by atoms with van der Waals surface area (Å²) >= 11 is 0. The molecule has 0 bridgehead atoms. The molecule has 1 aromatic rings. The van der Waals surface area contributed by atoms with Crippen molar-refractivity contribution >= 4 is 5.97 Å². The van der Waals surface area contributed by atoms with E-state index in [0.29, 0.717) is 30.6 Å². The third kappa shape index (κ3) is 3.22. The van der Waals surface area contributed by atoms with Crippen molar-refractivity contribution in [1.29, 1.82) is 0 Å². The first-order chi connectivity index (χ1) is 8.20. The number of carbonyl (C=O) groups excluding carboxylic acids is 1. The van der Waals surface area contributed by atoms with E-state index in [9.17, 15) is 9.90 Å². The molecule has 0 amide bonds. The molecule has 0 aliphatic heterocycles. The number of carbonyl (C=O) groups is 1. The molecule has 1 aromatic carbocycles. The Bertz CT molecular complexity index is 383. The maximum absolute atomic E-state index is 11.2. The van der Waals surface area contributed by atoms with E-state index in [1.54, 1.807) is 12.1 Å². The number of esters is 1. The lowest BCUT2D eigenvalue weighted by molar-refractivity contribution is -0.143. The zero-order valence-corrected chi connectivity index (χ0v) is 10.1. The van der Waals surface area contributed by atoms with Crippen molar-refractivity contribution < 1.29 is 14.6 Å². The zero-order valence-electron chi connectivity index (χ0n) is 10.1. The van der Waals surface area contributed by atoms with Crippen LogP contribution in [0.2, 0.25) is 0 Å². The topological polar surface area (TPSA) is 46.5 Å². The van der Waals surface area contributed by atoms with Gasteiger partial charge in [-0.3, -0.25) is 4.79 Å². The largest absolute Gasteiger partial charge is 0.508 e. The van der Waals surface area contributed by atoms with Gasteiger partial charge in [0.1, 0.15) is 5.75 Å². The van der Waals surface area contributed by atoms with Crippen molar-refractivity contribution in [3.8, 4) is 5.75 Å². The lowest BCUT2D eigenvalue weighted by Gasteiger charge is -2.02. The van der Waals surface area contributed by atoms with Crippen molar-refractivity contribution in [2.75, 3.05) is 6.61 Å². The summed E-state index contributed by atoms with van der Waals surface area (Å²) in [5.74, 6) is 1.37. The smallest absolute Gasteiger partial charge is 0.305 e. The molecule has 17 heavy (non-hydrogen) atoms. The van der Waals surface area contributed by atoms with E-state index in [1.807, 2.05) is 19.1 Å². The summed E-state index contributed by atoms with van der Waals surface area (Å²) in [6, 6.07) is 7.36. The molecule has 0 aromatic heterocycles. The van der Waals surface area contributed by atoms with E-state index in [2.05, 4.69) is 0 Å². The lowest BCUT2D eigenvalue weighted by Crippen LogP contribution is -2.03. The Morgan fingerprint density at radius 1 is 1.41 bits per heavy atom. The summed E-state index contributed by atoms with van der Waals surface area (Å²) in [7, 11) is 0. The Balaban J connectivity index is 1.77. The van der Waals surface area contributed by atoms with Gasteiger partial charge in [-0.05, 0) is 49.3 Å². The molecule has 1 aliphatic carbocycles. The number of phenols is 1. The number of benzene rings is 1. The fourth-order valence-electron chi connectivity index (χ4n) is 2.23. The maximum atomic E-state index is 11.2. The van der Waals surface area contributed by atoms with Crippen LogP contribution in [0, 0.1) is 5.92 Å². The Morgan fingerprint density at radius 2 is 2.12 bits per heavy atom. The highest BCUT2D eigenvalue weighted by Crippen LogP contribution is 2.50. The van der Waals surface area contributed by atoms with Crippen LogP contribution in [0.5, 0.6) is 5.75 Å². The fraction of sp³-hybridized carbons (Fsp3) is 0.500. The second-order valence-corrected chi connectivity index (χ2v) is 4.54. The molecule has 0 heterocycles. The van der Waals surface area contributed by atoms with Gasteiger partial charge in [0.15, 0.2) is 0 Å². The summed E-state index contributed by atoms with van der Waals surface area (Å²) in [5.41, 5.74) is 1.26. The molecule has 1 aliphatic rings. The zero-order chi connectivity index (χ0) is 12.3. The van der Waals surface area contributed by atoms with Crippen LogP contribution in [-0.2, 0) is 9.53 Å². The van der Waals surface area contributed by atoms with Crippen molar-refractivity contribution in [1.82, 2.24) is 0 Å². The van der Waals surface area contributed by atoms with Gasteiger partial charge in [-0.2, -0.15) is 0 Å². The highest BCUT2D eigenvalue weighted by molar-refractivity contribution is 5.69. The van der Waals surface area contributed by atoms with Crippen LogP contribution in [0.4, 0.5) is 0 Å². The van der Waals surface area contributed by atoms with Gasteiger partial charge in [0, 0.05) is 6.42 Å². The maximum Gasteiger partial charge on any atom is 0.305 e. The SMILES string of the molecule is CCOC(=O)CCC1CC1c1ccc(O)cc1.